The standard InChI is InChI=1S/C13H18N2O2S/c1-2-3-8-14-13(17)15-10-12-7-6-11(18-12)5-4-9-16/h6-7,16H,2-3,8-10H2,1H3,(H2,14,15,17). The van der Waals surface area contributed by atoms with Crippen LogP contribution in [0.2, 0.25) is 0 Å². The minimum atomic E-state index is -0.139. The molecule has 0 aliphatic heterocycles. The summed E-state index contributed by atoms with van der Waals surface area (Å²) in [5.74, 6) is 5.43. The minimum Gasteiger partial charge on any atom is -0.384 e. The molecule has 1 aromatic heterocycles. The molecule has 98 valence electrons. The summed E-state index contributed by atoms with van der Waals surface area (Å²) in [6.45, 7) is 3.16. The number of urea groups is 1. The summed E-state index contributed by atoms with van der Waals surface area (Å²) in [6.07, 6.45) is 2.06. The van der Waals surface area contributed by atoms with Crippen molar-refractivity contribution in [1.82, 2.24) is 10.6 Å². The first-order valence-corrected chi connectivity index (χ1v) is 6.78. The van der Waals surface area contributed by atoms with Crippen molar-refractivity contribution in [2.24, 2.45) is 0 Å². The van der Waals surface area contributed by atoms with Gasteiger partial charge in [-0.05, 0) is 18.6 Å². The number of amides is 2. The molecule has 0 fully saturated rings. The molecular weight excluding hydrogens is 248 g/mol. The van der Waals surface area contributed by atoms with Gasteiger partial charge < -0.3 is 15.7 Å². The Hall–Kier alpha value is -1.51. The highest BCUT2D eigenvalue weighted by Crippen LogP contribution is 2.14. The van der Waals surface area contributed by atoms with Crippen molar-refractivity contribution in [2.45, 2.75) is 26.3 Å². The van der Waals surface area contributed by atoms with Crippen LogP contribution in [0.15, 0.2) is 12.1 Å². The van der Waals surface area contributed by atoms with E-state index in [2.05, 4.69) is 29.4 Å². The molecule has 4 nitrogen and oxygen atoms in total. The molecule has 0 saturated carbocycles. The smallest absolute Gasteiger partial charge is 0.315 e. The summed E-state index contributed by atoms with van der Waals surface area (Å²) in [7, 11) is 0. The average Bonchev–Trinajstić information content (AvgIpc) is 2.82. The molecule has 1 rings (SSSR count). The molecule has 1 heterocycles. The molecule has 5 heteroatoms. The van der Waals surface area contributed by atoms with Crippen molar-refractivity contribution in [1.29, 1.82) is 0 Å². The van der Waals surface area contributed by atoms with Crippen molar-refractivity contribution >= 4 is 17.4 Å². The van der Waals surface area contributed by atoms with E-state index in [1.807, 2.05) is 12.1 Å². The molecule has 0 unspecified atom stereocenters. The number of aliphatic hydroxyl groups is 1. The summed E-state index contributed by atoms with van der Waals surface area (Å²) < 4.78 is 0. The van der Waals surface area contributed by atoms with Crippen LogP contribution in [0, 0.1) is 11.8 Å². The maximum atomic E-state index is 11.4. The van der Waals surface area contributed by atoms with E-state index in [9.17, 15) is 4.79 Å². The van der Waals surface area contributed by atoms with E-state index in [0.717, 1.165) is 22.6 Å². The third kappa shape index (κ3) is 5.71. The van der Waals surface area contributed by atoms with E-state index < -0.39 is 0 Å². The normalized spacial score (nSPS) is 9.44. The van der Waals surface area contributed by atoms with Gasteiger partial charge in [0, 0.05) is 11.4 Å². The zero-order valence-electron chi connectivity index (χ0n) is 10.5. The molecule has 0 saturated heterocycles. The minimum absolute atomic E-state index is 0.134. The third-order valence-electron chi connectivity index (χ3n) is 2.19. The van der Waals surface area contributed by atoms with Crippen LogP contribution in [0.3, 0.4) is 0 Å². The van der Waals surface area contributed by atoms with Crippen LogP contribution < -0.4 is 10.6 Å². The first-order valence-electron chi connectivity index (χ1n) is 5.96. The Labute approximate surface area is 111 Å². The molecule has 0 spiro atoms. The monoisotopic (exact) mass is 266 g/mol. The maximum absolute atomic E-state index is 11.4. The molecule has 0 aromatic carbocycles. The van der Waals surface area contributed by atoms with E-state index in [1.165, 1.54) is 11.3 Å². The predicted molar refractivity (Wildman–Crippen MR) is 73.4 cm³/mol. The van der Waals surface area contributed by atoms with E-state index in [-0.39, 0.29) is 12.6 Å². The number of carbonyl (C=O) groups excluding carboxylic acids is 1. The number of hydrogen-bond donors (Lipinski definition) is 3. The van der Waals surface area contributed by atoms with Crippen LogP contribution in [-0.4, -0.2) is 24.3 Å². The summed E-state index contributed by atoms with van der Waals surface area (Å²) in [5, 5.41) is 14.2. The molecule has 0 aliphatic carbocycles. The van der Waals surface area contributed by atoms with Crippen molar-refractivity contribution in [3.05, 3.63) is 21.9 Å². The van der Waals surface area contributed by atoms with Gasteiger partial charge in [0.15, 0.2) is 0 Å². The molecule has 0 atom stereocenters. The Morgan fingerprint density at radius 1 is 1.44 bits per heavy atom. The van der Waals surface area contributed by atoms with Gasteiger partial charge in [0.05, 0.1) is 11.4 Å². The third-order valence-corrected chi connectivity index (χ3v) is 3.19. The largest absolute Gasteiger partial charge is 0.384 e. The predicted octanol–water partition coefficient (Wildman–Crippen LogP) is 1.69. The lowest BCUT2D eigenvalue weighted by atomic mass is 10.3. The Bertz CT molecular complexity index is 432. The SMILES string of the molecule is CCCCNC(=O)NCc1ccc(C#CCO)s1. The fraction of sp³-hybridized carbons (Fsp3) is 0.462. The van der Waals surface area contributed by atoms with Crippen LogP contribution >= 0.6 is 11.3 Å². The summed E-state index contributed by atoms with van der Waals surface area (Å²) in [6, 6.07) is 3.68. The zero-order chi connectivity index (χ0) is 13.2. The fourth-order valence-electron chi connectivity index (χ4n) is 1.28. The number of rotatable bonds is 5. The molecule has 1 aromatic rings. The maximum Gasteiger partial charge on any atom is 0.315 e. The second kappa shape index (κ2) is 8.56. The van der Waals surface area contributed by atoms with Crippen LogP contribution in [0.1, 0.15) is 29.5 Å². The van der Waals surface area contributed by atoms with Crippen LogP contribution in [-0.2, 0) is 6.54 Å². The molecule has 18 heavy (non-hydrogen) atoms. The summed E-state index contributed by atoms with van der Waals surface area (Å²) in [4.78, 5) is 13.3. The Balaban J connectivity index is 2.30. The number of unbranched alkanes of at least 4 members (excludes halogenated alkanes) is 1. The number of carbonyl (C=O) groups is 1. The van der Waals surface area contributed by atoms with Gasteiger partial charge >= 0.3 is 6.03 Å². The first kappa shape index (κ1) is 14.6. The molecule has 0 bridgehead atoms. The van der Waals surface area contributed by atoms with Crippen molar-refractivity contribution in [2.75, 3.05) is 13.2 Å². The van der Waals surface area contributed by atoms with Gasteiger partial charge in [0.25, 0.3) is 0 Å². The number of aliphatic hydroxyl groups excluding tert-OH is 1. The van der Waals surface area contributed by atoms with Crippen LogP contribution in [0.4, 0.5) is 4.79 Å². The molecule has 2 amide bonds. The quantitative estimate of drug-likeness (QED) is 0.561. The highest BCUT2D eigenvalue weighted by molar-refractivity contribution is 7.12. The van der Waals surface area contributed by atoms with Crippen molar-refractivity contribution < 1.29 is 9.90 Å². The van der Waals surface area contributed by atoms with Crippen LogP contribution in [0.5, 0.6) is 0 Å². The van der Waals surface area contributed by atoms with E-state index >= 15 is 0 Å². The summed E-state index contributed by atoms with van der Waals surface area (Å²) >= 11 is 1.52. The topological polar surface area (TPSA) is 61.4 Å². The van der Waals surface area contributed by atoms with Gasteiger partial charge in [-0.1, -0.05) is 25.2 Å². The first-order chi connectivity index (χ1) is 8.76. The number of hydrogen-bond acceptors (Lipinski definition) is 3. The molecular formula is C13H18N2O2S. The second-order valence-corrected chi connectivity index (χ2v) is 4.86. The fourth-order valence-corrected chi connectivity index (χ4v) is 2.10. The lowest BCUT2D eigenvalue weighted by molar-refractivity contribution is 0.240. The van der Waals surface area contributed by atoms with Crippen molar-refractivity contribution in [3.8, 4) is 11.8 Å². The lowest BCUT2D eigenvalue weighted by Crippen LogP contribution is -2.35. The van der Waals surface area contributed by atoms with Gasteiger partial charge in [-0.25, -0.2) is 4.79 Å². The second-order valence-electron chi connectivity index (χ2n) is 3.69. The van der Waals surface area contributed by atoms with Gasteiger partial charge in [-0.3, -0.25) is 0 Å². The molecule has 3 N–H and O–H groups in total. The van der Waals surface area contributed by atoms with Gasteiger partial charge in [0.2, 0.25) is 0 Å². The zero-order valence-corrected chi connectivity index (χ0v) is 11.3. The molecule has 0 radical (unpaired) electrons. The van der Waals surface area contributed by atoms with Gasteiger partial charge in [0.1, 0.15) is 6.61 Å². The Morgan fingerprint density at radius 2 is 2.28 bits per heavy atom. The Morgan fingerprint density at radius 3 is 3.00 bits per heavy atom. The van der Waals surface area contributed by atoms with E-state index in [0.29, 0.717) is 13.1 Å². The summed E-state index contributed by atoms with van der Waals surface area (Å²) in [5.41, 5.74) is 0. The van der Waals surface area contributed by atoms with E-state index in [1.54, 1.807) is 0 Å². The molecule has 0 aliphatic rings. The number of thiophene rings is 1. The lowest BCUT2D eigenvalue weighted by Gasteiger charge is -2.05. The highest BCUT2D eigenvalue weighted by Gasteiger charge is 2.01. The van der Waals surface area contributed by atoms with E-state index in [4.69, 9.17) is 5.11 Å². The van der Waals surface area contributed by atoms with Crippen LogP contribution in [0.25, 0.3) is 0 Å². The number of nitrogens with one attached hydrogen (secondary N) is 2. The van der Waals surface area contributed by atoms with Crippen molar-refractivity contribution in [3.63, 3.8) is 0 Å². The average molecular weight is 266 g/mol. The highest BCUT2D eigenvalue weighted by atomic mass is 32.1. The Kier molecular flexibility index (Phi) is 6.92. The van der Waals surface area contributed by atoms with Gasteiger partial charge in [-0.15, -0.1) is 11.3 Å². The van der Waals surface area contributed by atoms with Gasteiger partial charge in [-0.2, -0.15) is 0 Å².